The molecule has 17 heavy (non-hydrogen) atoms. The molecule has 0 unspecified atom stereocenters. The van der Waals surface area contributed by atoms with Gasteiger partial charge in [0.05, 0.1) is 11.5 Å². The molecule has 0 spiro atoms. The molecular weight excluding hydrogens is 222 g/mol. The summed E-state index contributed by atoms with van der Waals surface area (Å²) in [5.41, 5.74) is 0.417. The van der Waals surface area contributed by atoms with E-state index < -0.39 is 4.92 Å². The van der Waals surface area contributed by atoms with Crippen molar-refractivity contribution in [3.63, 3.8) is 0 Å². The first-order chi connectivity index (χ1) is 8.09. The first-order valence-electron chi connectivity index (χ1n) is 5.17. The SMILES string of the molecule is CC1=NCCN1C(=O)c1ccc([N+](=O)[O-])cc1. The Bertz CT molecular complexity index is 493. The molecule has 0 saturated heterocycles. The average molecular weight is 233 g/mol. The van der Waals surface area contributed by atoms with Gasteiger partial charge in [-0.2, -0.15) is 0 Å². The first-order valence-corrected chi connectivity index (χ1v) is 5.17. The van der Waals surface area contributed by atoms with Crippen molar-refractivity contribution in [1.82, 2.24) is 4.90 Å². The summed E-state index contributed by atoms with van der Waals surface area (Å²) >= 11 is 0. The fraction of sp³-hybridized carbons (Fsp3) is 0.273. The maximum Gasteiger partial charge on any atom is 0.269 e. The highest BCUT2D eigenvalue weighted by molar-refractivity contribution is 6.06. The van der Waals surface area contributed by atoms with Crippen LogP contribution in [0.2, 0.25) is 0 Å². The number of amidine groups is 1. The largest absolute Gasteiger partial charge is 0.295 e. The molecule has 1 aliphatic heterocycles. The summed E-state index contributed by atoms with van der Waals surface area (Å²) in [7, 11) is 0. The molecule has 88 valence electrons. The molecule has 1 amide bonds. The quantitative estimate of drug-likeness (QED) is 0.573. The van der Waals surface area contributed by atoms with E-state index in [-0.39, 0.29) is 11.6 Å². The van der Waals surface area contributed by atoms with Crippen LogP contribution in [0.25, 0.3) is 0 Å². The minimum absolute atomic E-state index is 0.0200. The Morgan fingerprint density at radius 1 is 1.41 bits per heavy atom. The number of non-ortho nitro benzene ring substituents is 1. The van der Waals surface area contributed by atoms with Crippen LogP contribution in [0.4, 0.5) is 5.69 Å². The molecule has 0 bridgehead atoms. The molecule has 1 aliphatic rings. The molecule has 6 heteroatoms. The Morgan fingerprint density at radius 2 is 2.06 bits per heavy atom. The highest BCUT2D eigenvalue weighted by atomic mass is 16.6. The van der Waals surface area contributed by atoms with E-state index in [1.54, 1.807) is 11.8 Å². The van der Waals surface area contributed by atoms with Crippen LogP contribution in [0.5, 0.6) is 0 Å². The van der Waals surface area contributed by atoms with Crippen molar-refractivity contribution in [2.45, 2.75) is 6.92 Å². The molecule has 0 atom stereocenters. The number of carbonyl (C=O) groups is 1. The zero-order chi connectivity index (χ0) is 12.4. The number of rotatable bonds is 2. The highest BCUT2D eigenvalue weighted by Crippen LogP contribution is 2.14. The van der Waals surface area contributed by atoms with Gasteiger partial charge < -0.3 is 0 Å². The van der Waals surface area contributed by atoms with Gasteiger partial charge in [0.1, 0.15) is 5.84 Å². The van der Waals surface area contributed by atoms with Gasteiger partial charge in [0.2, 0.25) is 0 Å². The van der Waals surface area contributed by atoms with Crippen LogP contribution in [0.15, 0.2) is 29.3 Å². The number of nitrogens with zero attached hydrogens (tertiary/aromatic N) is 3. The fourth-order valence-corrected chi connectivity index (χ4v) is 1.69. The normalized spacial score (nSPS) is 14.6. The lowest BCUT2D eigenvalue weighted by Crippen LogP contribution is -2.32. The number of nitro groups is 1. The van der Waals surface area contributed by atoms with Crippen LogP contribution < -0.4 is 0 Å². The summed E-state index contributed by atoms with van der Waals surface area (Å²) < 4.78 is 0. The van der Waals surface area contributed by atoms with Gasteiger partial charge in [0.25, 0.3) is 11.6 Å². The summed E-state index contributed by atoms with van der Waals surface area (Å²) in [6.45, 7) is 2.96. The van der Waals surface area contributed by atoms with Crippen LogP contribution in [-0.4, -0.2) is 34.7 Å². The fourth-order valence-electron chi connectivity index (χ4n) is 1.69. The van der Waals surface area contributed by atoms with Gasteiger partial charge in [-0.1, -0.05) is 0 Å². The van der Waals surface area contributed by atoms with Gasteiger partial charge >= 0.3 is 0 Å². The van der Waals surface area contributed by atoms with Crippen molar-refractivity contribution in [2.24, 2.45) is 4.99 Å². The van der Waals surface area contributed by atoms with E-state index in [1.807, 2.05) is 0 Å². The van der Waals surface area contributed by atoms with Crippen molar-refractivity contribution in [3.8, 4) is 0 Å². The van der Waals surface area contributed by atoms with Crippen molar-refractivity contribution < 1.29 is 9.72 Å². The molecule has 0 fully saturated rings. The van der Waals surface area contributed by atoms with Gasteiger partial charge in [0.15, 0.2) is 0 Å². The number of aliphatic imine (C=N–C) groups is 1. The summed E-state index contributed by atoms with van der Waals surface area (Å²) in [4.78, 5) is 27.7. The second-order valence-corrected chi connectivity index (χ2v) is 3.69. The van der Waals surface area contributed by atoms with E-state index in [4.69, 9.17) is 0 Å². The van der Waals surface area contributed by atoms with Crippen LogP contribution >= 0.6 is 0 Å². The summed E-state index contributed by atoms with van der Waals surface area (Å²) in [5, 5.41) is 10.5. The Hall–Kier alpha value is -2.24. The highest BCUT2D eigenvalue weighted by Gasteiger charge is 2.21. The minimum Gasteiger partial charge on any atom is -0.295 e. The molecule has 0 aliphatic carbocycles. The lowest BCUT2D eigenvalue weighted by atomic mass is 10.2. The number of nitro benzene ring substituents is 1. The van der Waals surface area contributed by atoms with Crippen LogP contribution in [0.1, 0.15) is 17.3 Å². The van der Waals surface area contributed by atoms with Gasteiger partial charge in [-0.25, -0.2) is 0 Å². The smallest absolute Gasteiger partial charge is 0.269 e. The number of carbonyl (C=O) groups excluding carboxylic acids is 1. The van der Waals surface area contributed by atoms with Crippen LogP contribution in [-0.2, 0) is 0 Å². The first kappa shape index (κ1) is 11.3. The zero-order valence-corrected chi connectivity index (χ0v) is 9.29. The predicted molar refractivity (Wildman–Crippen MR) is 62.1 cm³/mol. The summed E-state index contributed by atoms with van der Waals surface area (Å²) in [6, 6.07) is 5.59. The second-order valence-electron chi connectivity index (χ2n) is 3.69. The van der Waals surface area contributed by atoms with Crippen molar-refractivity contribution >= 4 is 17.4 Å². The number of hydrogen-bond acceptors (Lipinski definition) is 4. The van der Waals surface area contributed by atoms with Gasteiger partial charge in [0, 0.05) is 24.2 Å². The molecule has 0 N–H and O–H groups in total. The molecule has 1 heterocycles. The second kappa shape index (κ2) is 4.32. The molecule has 1 aromatic carbocycles. The van der Waals surface area contributed by atoms with Crippen LogP contribution in [0.3, 0.4) is 0 Å². The lowest BCUT2D eigenvalue weighted by Gasteiger charge is -2.15. The third-order valence-electron chi connectivity index (χ3n) is 2.63. The Kier molecular flexibility index (Phi) is 2.86. The van der Waals surface area contributed by atoms with E-state index in [9.17, 15) is 14.9 Å². The maximum atomic E-state index is 12.0. The lowest BCUT2D eigenvalue weighted by molar-refractivity contribution is -0.384. The topological polar surface area (TPSA) is 75.8 Å². The van der Waals surface area contributed by atoms with E-state index in [1.165, 1.54) is 24.3 Å². The van der Waals surface area contributed by atoms with Gasteiger partial charge in [-0.05, 0) is 19.1 Å². The Balaban J connectivity index is 2.20. The van der Waals surface area contributed by atoms with Gasteiger partial charge in [-0.15, -0.1) is 0 Å². The predicted octanol–water partition coefficient (Wildman–Crippen LogP) is 1.47. The average Bonchev–Trinajstić information content (AvgIpc) is 2.74. The van der Waals surface area contributed by atoms with E-state index >= 15 is 0 Å². The van der Waals surface area contributed by atoms with Crippen molar-refractivity contribution in [3.05, 3.63) is 39.9 Å². The minimum atomic E-state index is -0.489. The van der Waals surface area contributed by atoms with E-state index in [2.05, 4.69) is 4.99 Å². The molecule has 6 nitrogen and oxygen atoms in total. The number of amides is 1. The molecule has 2 rings (SSSR count). The molecular formula is C11H11N3O3. The Morgan fingerprint density at radius 3 is 2.53 bits per heavy atom. The summed E-state index contributed by atoms with van der Waals surface area (Å²) in [5.74, 6) is 0.520. The zero-order valence-electron chi connectivity index (χ0n) is 9.29. The summed E-state index contributed by atoms with van der Waals surface area (Å²) in [6.07, 6.45) is 0. The molecule has 0 aromatic heterocycles. The standard InChI is InChI=1S/C11H11N3O3/c1-8-12-6-7-13(8)11(15)9-2-4-10(5-3-9)14(16)17/h2-5H,6-7H2,1H3. The molecule has 0 radical (unpaired) electrons. The molecule has 0 saturated carbocycles. The van der Waals surface area contributed by atoms with Crippen LogP contribution in [0, 0.1) is 10.1 Å². The number of benzene rings is 1. The third-order valence-corrected chi connectivity index (χ3v) is 2.63. The molecule has 1 aromatic rings. The van der Waals surface area contributed by atoms with Crippen molar-refractivity contribution in [2.75, 3.05) is 13.1 Å². The third kappa shape index (κ3) is 2.15. The van der Waals surface area contributed by atoms with E-state index in [0.717, 1.165) is 0 Å². The van der Waals surface area contributed by atoms with Gasteiger partial charge in [-0.3, -0.25) is 24.8 Å². The monoisotopic (exact) mass is 233 g/mol. The number of hydrogen-bond donors (Lipinski definition) is 0. The van der Waals surface area contributed by atoms with Crippen molar-refractivity contribution in [1.29, 1.82) is 0 Å². The van der Waals surface area contributed by atoms with E-state index in [0.29, 0.717) is 24.5 Å². The maximum absolute atomic E-state index is 12.0. The Labute approximate surface area is 97.7 Å².